The molecule has 1 saturated heterocycles. The lowest BCUT2D eigenvalue weighted by Crippen LogP contribution is -2.40. The van der Waals surface area contributed by atoms with Crippen LogP contribution in [0.5, 0.6) is 0 Å². The van der Waals surface area contributed by atoms with E-state index in [1.54, 1.807) is 22.9 Å². The van der Waals surface area contributed by atoms with Gasteiger partial charge in [0.1, 0.15) is 0 Å². The lowest BCUT2D eigenvalue weighted by Gasteiger charge is -2.31. The van der Waals surface area contributed by atoms with Crippen molar-refractivity contribution in [1.29, 1.82) is 0 Å². The number of para-hydroxylation sites is 1. The van der Waals surface area contributed by atoms with Gasteiger partial charge < -0.3 is 15.1 Å². The molecule has 6 heteroatoms. The molecule has 0 radical (unpaired) electrons. The van der Waals surface area contributed by atoms with Crippen LogP contribution in [0.15, 0.2) is 60.7 Å². The highest BCUT2D eigenvalue weighted by atomic mass is 16.2. The number of hydrogen-bond acceptors (Lipinski definition) is 3. The summed E-state index contributed by atoms with van der Waals surface area (Å²) in [6, 6.07) is 17.2. The molecule has 1 N–H and O–H groups in total. The molecule has 3 amide bonds. The van der Waals surface area contributed by atoms with E-state index in [4.69, 9.17) is 0 Å². The van der Waals surface area contributed by atoms with Crippen LogP contribution >= 0.6 is 0 Å². The molecule has 0 aromatic heterocycles. The van der Waals surface area contributed by atoms with Crippen molar-refractivity contribution in [2.75, 3.05) is 25.5 Å². The third-order valence-electron chi connectivity index (χ3n) is 5.62. The van der Waals surface area contributed by atoms with Crippen LogP contribution < -0.4 is 5.32 Å². The van der Waals surface area contributed by atoms with Crippen LogP contribution in [0, 0.1) is 5.92 Å². The van der Waals surface area contributed by atoms with Crippen LogP contribution in [0.1, 0.15) is 30.9 Å². The molecule has 0 unspecified atom stereocenters. The van der Waals surface area contributed by atoms with Gasteiger partial charge in [0.05, 0.1) is 0 Å². The fraction of sp³-hybridized carbons (Fsp3) is 0.320. The monoisotopic (exact) mass is 419 g/mol. The normalized spacial score (nSPS) is 14.5. The molecular weight excluding hydrogens is 390 g/mol. The zero-order chi connectivity index (χ0) is 22.2. The van der Waals surface area contributed by atoms with Gasteiger partial charge in [-0.25, -0.2) is 0 Å². The first-order valence-electron chi connectivity index (χ1n) is 10.6. The summed E-state index contributed by atoms with van der Waals surface area (Å²) in [6.45, 7) is 3.08. The average molecular weight is 420 g/mol. The lowest BCUT2D eigenvalue weighted by atomic mass is 9.95. The summed E-state index contributed by atoms with van der Waals surface area (Å²) < 4.78 is 0. The van der Waals surface area contributed by atoms with E-state index in [0.717, 1.165) is 16.8 Å². The second-order valence-electron chi connectivity index (χ2n) is 7.87. The number of benzene rings is 2. The zero-order valence-electron chi connectivity index (χ0n) is 18.1. The van der Waals surface area contributed by atoms with Crippen molar-refractivity contribution in [1.82, 2.24) is 9.80 Å². The van der Waals surface area contributed by atoms with Crippen LogP contribution in [0.3, 0.4) is 0 Å². The Morgan fingerprint density at radius 1 is 1.03 bits per heavy atom. The van der Waals surface area contributed by atoms with Crippen molar-refractivity contribution >= 4 is 29.5 Å². The van der Waals surface area contributed by atoms with Gasteiger partial charge in [0.25, 0.3) is 0 Å². The Kier molecular flexibility index (Phi) is 7.60. The number of hydrogen-bond donors (Lipinski definition) is 1. The number of nitrogens with one attached hydrogen (secondary N) is 1. The average Bonchev–Trinajstić information content (AvgIpc) is 2.79. The summed E-state index contributed by atoms with van der Waals surface area (Å²) >= 11 is 0. The number of amides is 3. The van der Waals surface area contributed by atoms with Crippen LogP contribution in [0.2, 0.25) is 0 Å². The summed E-state index contributed by atoms with van der Waals surface area (Å²) in [5.41, 5.74) is 2.61. The Morgan fingerprint density at radius 3 is 2.35 bits per heavy atom. The molecule has 0 spiro atoms. The molecule has 1 heterocycles. The minimum absolute atomic E-state index is 0.0275. The molecule has 2 aromatic carbocycles. The molecule has 0 atom stereocenters. The van der Waals surface area contributed by atoms with Gasteiger partial charge in [0, 0.05) is 51.3 Å². The first-order chi connectivity index (χ1) is 14.9. The Labute approximate surface area is 183 Å². The molecule has 31 heavy (non-hydrogen) atoms. The standard InChI is InChI=1S/C25H29N3O3/c1-19(29)27(2)18-22-10-6-7-11-23(22)26-25(31)21-14-16-28(17-15-21)24(30)13-12-20-8-4-3-5-9-20/h3-13,21H,14-18H2,1-2H3,(H,26,31)/b13-12+. The molecule has 2 aromatic rings. The minimum atomic E-state index is -0.138. The van der Waals surface area contributed by atoms with Gasteiger partial charge in [-0.05, 0) is 36.1 Å². The quantitative estimate of drug-likeness (QED) is 0.728. The van der Waals surface area contributed by atoms with Gasteiger partial charge in [-0.1, -0.05) is 48.5 Å². The number of rotatable bonds is 6. The number of anilines is 1. The molecular formula is C25H29N3O3. The van der Waals surface area contributed by atoms with E-state index < -0.39 is 0 Å². The molecule has 0 aliphatic carbocycles. The highest BCUT2D eigenvalue weighted by Gasteiger charge is 2.27. The SMILES string of the molecule is CC(=O)N(C)Cc1ccccc1NC(=O)C1CCN(C(=O)/C=C/c2ccccc2)CC1. The molecule has 6 nitrogen and oxygen atoms in total. The Hall–Kier alpha value is -3.41. The number of likely N-dealkylation sites (tertiary alicyclic amines) is 1. The van der Waals surface area contributed by atoms with E-state index in [1.807, 2.05) is 60.7 Å². The Balaban J connectivity index is 1.53. The van der Waals surface area contributed by atoms with E-state index in [-0.39, 0.29) is 23.6 Å². The largest absolute Gasteiger partial charge is 0.342 e. The first-order valence-corrected chi connectivity index (χ1v) is 10.6. The Bertz CT molecular complexity index is 947. The summed E-state index contributed by atoms with van der Waals surface area (Å²) in [4.78, 5) is 40.2. The predicted molar refractivity (Wildman–Crippen MR) is 122 cm³/mol. The molecule has 3 rings (SSSR count). The summed E-state index contributed by atoms with van der Waals surface area (Å²) in [5, 5.41) is 3.02. The maximum absolute atomic E-state index is 12.8. The van der Waals surface area contributed by atoms with Crippen LogP contribution in [0.4, 0.5) is 5.69 Å². The first kappa shape index (κ1) is 22.3. The predicted octanol–water partition coefficient (Wildman–Crippen LogP) is 3.56. The third kappa shape index (κ3) is 6.28. The van der Waals surface area contributed by atoms with Crippen molar-refractivity contribution < 1.29 is 14.4 Å². The second-order valence-corrected chi connectivity index (χ2v) is 7.87. The maximum Gasteiger partial charge on any atom is 0.246 e. The second kappa shape index (κ2) is 10.6. The van der Waals surface area contributed by atoms with Crippen molar-refractivity contribution in [3.05, 3.63) is 71.8 Å². The number of carbonyl (C=O) groups is 3. The summed E-state index contributed by atoms with van der Waals surface area (Å²) in [6.07, 6.45) is 4.67. The van der Waals surface area contributed by atoms with Gasteiger partial charge in [-0.2, -0.15) is 0 Å². The molecule has 1 fully saturated rings. The molecule has 0 bridgehead atoms. The molecule has 1 aliphatic rings. The Morgan fingerprint density at radius 2 is 1.68 bits per heavy atom. The zero-order valence-corrected chi connectivity index (χ0v) is 18.1. The smallest absolute Gasteiger partial charge is 0.246 e. The summed E-state index contributed by atoms with van der Waals surface area (Å²) in [5.74, 6) is -0.231. The van der Waals surface area contributed by atoms with E-state index in [0.29, 0.717) is 32.5 Å². The third-order valence-corrected chi connectivity index (χ3v) is 5.62. The van der Waals surface area contributed by atoms with Gasteiger partial charge >= 0.3 is 0 Å². The van der Waals surface area contributed by atoms with Gasteiger partial charge in [-0.15, -0.1) is 0 Å². The molecule has 1 aliphatic heterocycles. The van der Waals surface area contributed by atoms with Crippen molar-refractivity contribution in [2.24, 2.45) is 5.92 Å². The summed E-state index contributed by atoms with van der Waals surface area (Å²) in [7, 11) is 1.74. The minimum Gasteiger partial charge on any atom is -0.342 e. The van der Waals surface area contributed by atoms with Gasteiger partial charge in [0.2, 0.25) is 17.7 Å². The highest BCUT2D eigenvalue weighted by Crippen LogP contribution is 2.22. The topological polar surface area (TPSA) is 69.7 Å². The number of carbonyl (C=O) groups excluding carboxylic acids is 3. The molecule has 0 saturated carbocycles. The van der Waals surface area contributed by atoms with E-state index in [2.05, 4.69) is 5.32 Å². The van der Waals surface area contributed by atoms with E-state index >= 15 is 0 Å². The highest BCUT2D eigenvalue weighted by molar-refractivity contribution is 5.94. The van der Waals surface area contributed by atoms with E-state index in [9.17, 15) is 14.4 Å². The number of piperidine rings is 1. The van der Waals surface area contributed by atoms with Gasteiger partial charge in [-0.3, -0.25) is 14.4 Å². The fourth-order valence-corrected chi connectivity index (χ4v) is 3.58. The lowest BCUT2D eigenvalue weighted by molar-refractivity contribution is -0.130. The van der Waals surface area contributed by atoms with Crippen molar-refractivity contribution in [3.8, 4) is 0 Å². The van der Waals surface area contributed by atoms with Crippen molar-refractivity contribution in [3.63, 3.8) is 0 Å². The molecule has 162 valence electrons. The fourth-order valence-electron chi connectivity index (χ4n) is 3.58. The maximum atomic E-state index is 12.8. The van der Waals surface area contributed by atoms with Crippen molar-refractivity contribution in [2.45, 2.75) is 26.3 Å². The van der Waals surface area contributed by atoms with Crippen LogP contribution in [0.25, 0.3) is 6.08 Å². The van der Waals surface area contributed by atoms with Crippen LogP contribution in [-0.4, -0.2) is 47.7 Å². The van der Waals surface area contributed by atoms with E-state index in [1.165, 1.54) is 6.92 Å². The van der Waals surface area contributed by atoms with Crippen LogP contribution in [-0.2, 0) is 20.9 Å². The number of nitrogens with zero attached hydrogens (tertiary/aromatic N) is 2. The van der Waals surface area contributed by atoms with Gasteiger partial charge in [0.15, 0.2) is 0 Å².